The van der Waals surface area contributed by atoms with Crippen LogP contribution < -0.4 is 0 Å². The highest BCUT2D eigenvalue weighted by molar-refractivity contribution is 9.10. The van der Waals surface area contributed by atoms with E-state index in [4.69, 9.17) is 0 Å². The highest BCUT2D eigenvalue weighted by Gasteiger charge is 1.99. The lowest BCUT2D eigenvalue weighted by molar-refractivity contribution is 0.112. The molecule has 0 radical (unpaired) electrons. The zero-order valence-corrected chi connectivity index (χ0v) is 11.4. The van der Waals surface area contributed by atoms with E-state index in [-0.39, 0.29) is 0 Å². The van der Waals surface area contributed by atoms with Gasteiger partial charge in [-0.1, -0.05) is 12.1 Å². The number of nitrogens with zero attached hydrogens (tertiary/aromatic N) is 1. The molecule has 86 valence electrons. The SMILES string of the molecule is O=Cc1cccc(SCc2ccc(Br)cn2)c1. The first-order valence-corrected chi connectivity index (χ1v) is 6.84. The first-order valence-electron chi connectivity index (χ1n) is 5.06. The molecule has 0 atom stereocenters. The van der Waals surface area contributed by atoms with Gasteiger partial charge < -0.3 is 0 Å². The van der Waals surface area contributed by atoms with Gasteiger partial charge >= 0.3 is 0 Å². The fraction of sp³-hybridized carbons (Fsp3) is 0.0769. The van der Waals surface area contributed by atoms with E-state index in [1.54, 1.807) is 24.0 Å². The maximum Gasteiger partial charge on any atom is 0.150 e. The smallest absolute Gasteiger partial charge is 0.150 e. The van der Waals surface area contributed by atoms with Crippen molar-refractivity contribution in [3.05, 3.63) is 58.3 Å². The zero-order valence-electron chi connectivity index (χ0n) is 8.97. The summed E-state index contributed by atoms with van der Waals surface area (Å²) in [5, 5.41) is 0. The zero-order chi connectivity index (χ0) is 12.1. The minimum absolute atomic E-state index is 0.707. The van der Waals surface area contributed by atoms with Crippen molar-refractivity contribution in [2.24, 2.45) is 0 Å². The van der Waals surface area contributed by atoms with Gasteiger partial charge in [0.05, 0.1) is 5.69 Å². The summed E-state index contributed by atoms with van der Waals surface area (Å²) < 4.78 is 0.981. The van der Waals surface area contributed by atoms with Crippen molar-refractivity contribution < 1.29 is 4.79 Å². The Labute approximate surface area is 113 Å². The molecular weight excluding hydrogens is 298 g/mol. The molecule has 1 aromatic carbocycles. The van der Waals surface area contributed by atoms with Gasteiger partial charge in [0.25, 0.3) is 0 Å². The molecular formula is C13H10BrNOS. The predicted molar refractivity (Wildman–Crippen MR) is 73.3 cm³/mol. The molecule has 2 aromatic rings. The van der Waals surface area contributed by atoms with Gasteiger partial charge in [0.1, 0.15) is 6.29 Å². The Morgan fingerprint density at radius 2 is 2.18 bits per heavy atom. The summed E-state index contributed by atoms with van der Waals surface area (Å²) in [5.41, 5.74) is 1.73. The first-order chi connectivity index (χ1) is 8.28. The van der Waals surface area contributed by atoms with Gasteiger partial charge in [-0.25, -0.2) is 0 Å². The summed E-state index contributed by atoms with van der Waals surface area (Å²) >= 11 is 5.02. The van der Waals surface area contributed by atoms with E-state index in [2.05, 4.69) is 20.9 Å². The van der Waals surface area contributed by atoms with E-state index in [1.165, 1.54) is 0 Å². The second kappa shape index (κ2) is 5.98. The number of thioether (sulfide) groups is 1. The minimum Gasteiger partial charge on any atom is -0.298 e. The first kappa shape index (κ1) is 12.3. The third-order valence-electron chi connectivity index (χ3n) is 2.17. The van der Waals surface area contributed by atoms with Gasteiger partial charge in [0.2, 0.25) is 0 Å². The Balaban J connectivity index is 2.01. The summed E-state index contributed by atoms with van der Waals surface area (Å²) in [4.78, 5) is 16.0. The molecule has 17 heavy (non-hydrogen) atoms. The van der Waals surface area contributed by atoms with Crippen LogP contribution in [0, 0.1) is 0 Å². The third-order valence-corrected chi connectivity index (χ3v) is 3.67. The number of halogens is 1. The van der Waals surface area contributed by atoms with Crippen LogP contribution in [-0.2, 0) is 5.75 Å². The molecule has 4 heteroatoms. The number of aromatic nitrogens is 1. The molecule has 2 rings (SSSR count). The Morgan fingerprint density at radius 1 is 1.29 bits per heavy atom. The van der Waals surface area contributed by atoms with Crippen LogP contribution >= 0.6 is 27.7 Å². The molecule has 0 N–H and O–H groups in total. The van der Waals surface area contributed by atoms with E-state index in [0.29, 0.717) is 5.56 Å². The van der Waals surface area contributed by atoms with Crippen molar-refractivity contribution in [2.75, 3.05) is 0 Å². The van der Waals surface area contributed by atoms with Crippen molar-refractivity contribution in [1.82, 2.24) is 4.98 Å². The molecule has 0 aliphatic carbocycles. The van der Waals surface area contributed by atoms with Crippen molar-refractivity contribution in [3.8, 4) is 0 Å². The molecule has 0 aliphatic heterocycles. The lowest BCUT2D eigenvalue weighted by atomic mass is 10.2. The van der Waals surface area contributed by atoms with Crippen LogP contribution in [0.2, 0.25) is 0 Å². The average molecular weight is 308 g/mol. The lowest BCUT2D eigenvalue weighted by Gasteiger charge is -2.02. The molecule has 0 unspecified atom stereocenters. The van der Waals surface area contributed by atoms with Crippen LogP contribution in [0.4, 0.5) is 0 Å². The van der Waals surface area contributed by atoms with Gasteiger partial charge in [-0.2, -0.15) is 0 Å². The molecule has 0 saturated carbocycles. The predicted octanol–water partition coefficient (Wildman–Crippen LogP) is 3.95. The quantitative estimate of drug-likeness (QED) is 0.633. The van der Waals surface area contributed by atoms with Crippen LogP contribution in [0.3, 0.4) is 0 Å². The topological polar surface area (TPSA) is 30.0 Å². The second-order valence-corrected chi connectivity index (χ2v) is 5.41. The summed E-state index contributed by atoms with van der Waals surface area (Å²) in [5.74, 6) is 0.801. The van der Waals surface area contributed by atoms with E-state index < -0.39 is 0 Å². The largest absolute Gasteiger partial charge is 0.298 e. The Bertz CT molecular complexity index is 513. The fourth-order valence-corrected chi connectivity index (χ4v) is 2.44. The molecule has 2 nitrogen and oxygen atoms in total. The second-order valence-electron chi connectivity index (χ2n) is 3.45. The molecule has 0 fully saturated rings. The molecule has 0 amide bonds. The summed E-state index contributed by atoms with van der Waals surface area (Å²) in [7, 11) is 0. The van der Waals surface area contributed by atoms with E-state index in [1.807, 2.05) is 30.3 Å². The van der Waals surface area contributed by atoms with Crippen molar-refractivity contribution >= 4 is 34.0 Å². The number of carbonyl (C=O) groups excluding carboxylic acids is 1. The van der Waals surface area contributed by atoms with Crippen molar-refractivity contribution in [1.29, 1.82) is 0 Å². The number of aldehydes is 1. The minimum atomic E-state index is 0.707. The van der Waals surface area contributed by atoms with Crippen LogP contribution in [0.25, 0.3) is 0 Å². The highest BCUT2D eigenvalue weighted by Crippen LogP contribution is 2.22. The molecule has 0 saturated heterocycles. The number of pyridine rings is 1. The van der Waals surface area contributed by atoms with Gasteiger partial charge in [-0.3, -0.25) is 9.78 Å². The summed E-state index contributed by atoms with van der Waals surface area (Å²) in [6.07, 6.45) is 2.65. The van der Waals surface area contributed by atoms with Gasteiger partial charge in [0, 0.05) is 26.9 Å². The maximum absolute atomic E-state index is 10.6. The Morgan fingerprint density at radius 3 is 2.88 bits per heavy atom. The van der Waals surface area contributed by atoms with Gasteiger partial charge in [0.15, 0.2) is 0 Å². The molecule has 1 heterocycles. The van der Waals surface area contributed by atoms with Crippen molar-refractivity contribution in [2.45, 2.75) is 10.6 Å². The Kier molecular flexibility index (Phi) is 4.34. The average Bonchev–Trinajstić information content (AvgIpc) is 2.38. The van der Waals surface area contributed by atoms with Crippen molar-refractivity contribution in [3.63, 3.8) is 0 Å². The van der Waals surface area contributed by atoms with E-state index in [0.717, 1.165) is 27.1 Å². The standard InChI is InChI=1S/C13H10BrNOS/c14-11-4-5-12(15-7-11)9-17-13-3-1-2-10(6-13)8-16/h1-8H,9H2. The summed E-state index contributed by atoms with van der Waals surface area (Å²) in [6, 6.07) is 11.5. The number of rotatable bonds is 4. The Hall–Kier alpha value is -1.13. The molecule has 1 aromatic heterocycles. The lowest BCUT2D eigenvalue weighted by Crippen LogP contribution is -1.86. The third kappa shape index (κ3) is 3.68. The van der Waals surface area contributed by atoms with Crippen LogP contribution in [0.15, 0.2) is 52.0 Å². The molecule has 0 spiro atoms. The fourth-order valence-electron chi connectivity index (χ4n) is 1.33. The molecule has 0 bridgehead atoms. The van der Waals surface area contributed by atoms with Crippen LogP contribution in [0.5, 0.6) is 0 Å². The number of hydrogen-bond donors (Lipinski definition) is 0. The summed E-state index contributed by atoms with van der Waals surface area (Å²) in [6.45, 7) is 0. The monoisotopic (exact) mass is 307 g/mol. The van der Waals surface area contributed by atoms with E-state index >= 15 is 0 Å². The maximum atomic E-state index is 10.6. The van der Waals surface area contributed by atoms with Gasteiger partial charge in [-0.15, -0.1) is 11.8 Å². The van der Waals surface area contributed by atoms with Crippen LogP contribution in [0.1, 0.15) is 16.1 Å². The number of carbonyl (C=O) groups is 1. The molecule has 0 aliphatic rings. The number of hydrogen-bond acceptors (Lipinski definition) is 3. The number of benzene rings is 1. The normalized spacial score (nSPS) is 10.2. The van der Waals surface area contributed by atoms with E-state index in [9.17, 15) is 4.79 Å². The van der Waals surface area contributed by atoms with Crippen LogP contribution in [-0.4, -0.2) is 11.3 Å². The van der Waals surface area contributed by atoms with Gasteiger partial charge in [-0.05, 0) is 40.2 Å². The highest BCUT2D eigenvalue weighted by atomic mass is 79.9.